The van der Waals surface area contributed by atoms with Gasteiger partial charge in [0.2, 0.25) is 0 Å². The number of carbonyl (C=O) groups is 1. The zero-order valence-electron chi connectivity index (χ0n) is 21.2. The number of ether oxygens (including phenoxy) is 1. The zero-order chi connectivity index (χ0) is 25.5. The van der Waals surface area contributed by atoms with Gasteiger partial charge in [0.05, 0.1) is 12.2 Å². The summed E-state index contributed by atoms with van der Waals surface area (Å²) in [6, 6.07) is 10.1. The molecule has 0 fully saturated rings. The highest BCUT2D eigenvalue weighted by molar-refractivity contribution is 6.06. The summed E-state index contributed by atoms with van der Waals surface area (Å²) in [7, 11) is 1.60. The van der Waals surface area contributed by atoms with Gasteiger partial charge in [-0.2, -0.15) is 4.68 Å². The lowest BCUT2D eigenvalue weighted by molar-refractivity contribution is 0.102. The van der Waals surface area contributed by atoms with Gasteiger partial charge in [-0.25, -0.2) is 9.18 Å². The fourth-order valence-electron chi connectivity index (χ4n) is 4.07. The van der Waals surface area contributed by atoms with Crippen molar-refractivity contribution in [2.45, 2.75) is 59.8 Å². The Balaban J connectivity index is 2.04. The number of nitrogens with one attached hydrogen (secondary N) is 1. The number of anilines is 1. The fourth-order valence-corrected chi connectivity index (χ4v) is 4.07. The predicted molar refractivity (Wildman–Crippen MR) is 136 cm³/mol. The van der Waals surface area contributed by atoms with Gasteiger partial charge >= 0.3 is 5.69 Å². The maximum absolute atomic E-state index is 15.3. The van der Waals surface area contributed by atoms with E-state index >= 15 is 4.39 Å². The number of halogens is 1. The van der Waals surface area contributed by atoms with Crippen molar-refractivity contribution in [3.8, 4) is 11.4 Å². The van der Waals surface area contributed by atoms with Crippen molar-refractivity contribution in [2.24, 2.45) is 13.0 Å². The molecular weight excluding hydrogens is 447 g/mol. The third-order valence-corrected chi connectivity index (χ3v) is 6.00. The molecule has 0 radical (unpaired) electrons. The average Bonchev–Trinajstić information content (AvgIpc) is 3.13. The molecule has 0 aliphatic rings. The molecular formula is C27H35FN4O3. The Morgan fingerprint density at radius 1 is 1.17 bits per heavy atom. The van der Waals surface area contributed by atoms with Crippen LogP contribution < -0.4 is 15.7 Å². The van der Waals surface area contributed by atoms with E-state index in [1.54, 1.807) is 7.05 Å². The summed E-state index contributed by atoms with van der Waals surface area (Å²) in [6.07, 6.45) is 4.22. The Morgan fingerprint density at radius 2 is 1.91 bits per heavy atom. The van der Waals surface area contributed by atoms with Gasteiger partial charge in [-0.3, -0.25) is 9.36 Å². The van der Waals surface area contributed by atoms with Gasteiger partial charge in [0.15, 0.2) is 0 Å². The number of nitrogens with zero attached hydrogens (tertiary/aromatic N) is 3. The summed E-state index contributed by atoms with van der Waals surface area (Å²) in [5.74, 6) is -0.208. The van der Waals surface area contributed by atoms with Crippen molar-refractivity contribution in [1.82, 2.24) is 14.3 Å². The third-order valence-electron chi connectivity index (χ3n) is 6.00. The Bertz CT molecular complexity index is 1230. The summed E-state index contributed by atoms with van der Waals surface area (Å²) in [6.45, 7) is 8.46. The standard InChI is InChI=1S/C27H35FN4O3/c1-6-11-18(4)17-35-24-16-23(32-27(34)31(5)25(8-3)30-32)21(28)15-20(24)26(33)29-22-14-10-9-13-19(22)12-7-2/h9-10,13-16,18H,6-8,11-12,17H2,1-5H3,(H,29,33)/t18-/m0/s1. The second-order valence-electron chi connectivity index (χ2n) is 8.89. The first-order valence-corrected chi connectivity index (χ1v) is 12.3. The number of hydrogen-bond donors (Lipinski definition) is 1. The van der Waals surface area contributed by atoms with Gasteiger partial charge in [-0.05, 0) is 36.5 Å². The van der Waals surface area contributed by atoms with E-state index < -0.39 is 17.4 Å². The summed E-state index contributed by atoms with van der Waals surface area (Å²) in [5.41, 5.74) is 1.25. The van der Waals surface area contributed by atoms with Crippen LogP contribution in [-0.2, 0) is 19.9 Å². The van der Waals surface area contributed by atoms with E-state index in [1.165, 1.54) is 10.6 Å². The van der Waals surface area contributed by atoms with Gasteiger partial charge in [-0.1, -0.05) is 58.7 Å². The molecule has 3 rings (SSSR count). The van der Waals surface area contributed by atoms with Crippen LogP contribution in [0.25, 0.3) is 5.69 Å². The highest BCUT2D eigenvalue weighted by Gasteiger charge is 2.22. The van der Waals surface area contributed by atoms with Crippen LogP contribution in [0, 0.1) is 11.7 Å². The van der Waals surface area contributed by atoms with Crippen LogP contribution in [0.4, 0.5) is 10.1 Å². The van der Waals surface area contributed by atoms with Crippen molar-refractivity contribution < 1.29 is 13.9 Å². The SMILES string of the molecule is CCCc1ccccc1NC(=O)c1cc(F)c(-n2nc(CC)n(C)c2=O)cc1OC[C@@H](C)CCC. The average molecular weight is 483 g/mol. The highest BCUT2D eigenvalue weighted by Crippen LogP contribution is 2.28. The third kappa shape index (κ3) is 5.99. The molecule has 0 saturated carbocycles. The molecule has 0 saturated heterocycles. The van der Waals surface area contributed by atoms with Crippen LogP contribution in [0.1, 0.15) is 68.7 Å². The number of hydrogen-bond acceptors (Lipinski definition) is 4. The molecule has 1 heterocycles. The number of benzene rings is 2. The van der Waals surface area contributed by atoms with Crippen LogP contribution in [0.15, 0.2) is 41.2 Å². The van der Waals surface area contributed by atoms with Crippen molar-refractivity contribution >= 4 is 11.6 Å². The van der Waals surface area contributed by atoms with Crippen LogP contribution in [0.3, 0.4) is 0 Å². The van der Waals surface area contributed by atoms with Crippen LogP contribution in [-0.4, -0.2) is 26.9 Å². The van der Waals surface area contributed by atoms with Gasteiger partial charge < -0.3 is 10.1 Å². The Labute approximate surface area is 205 Å². The first-order chi connectivity index (χ1) is 16.8. The largest absolute Gasteiger partial charge is 0.492 e. The summed E-state index contributed by atoms with van der Waals surface area (Å²) in [4.78, 5) is 26.0. The van der Waals surface area contributed by atoms with E-state index in [4.69, 9.17) is 4.74 Å². The van der Waals surface area contributed by atoms with Crippen molar-refractivity contribution in [1.29, 1.82) is 0 Å². The quantitative estimate of drug-likeness (QED) is 0.403. The summed E-state index contributed by atoms with van der Waals surface area (Å²) < 4.78 is 23.8. The predicted octanol–water partition coefficient (Wildman–Crippen LogP) is 5.29. The minimum Gasteiger partial charge on any atom is -0.492 e. The number of rotatable bonds is 11. The second kappa shape index (κ2) is 11.8. The minimum atomic E-state index is -0.728. The first kappa shape index (κ1) is 26.2. The normalized spacial score (nSPS) is 11.9. The number of para-hydroxylation sites is 1. The van der Waals surface area contributed by atoms with E-state index in [1.807, 2.05) is 31.2 Å². The lowest BCUT2D eigenvalue weighted by Crippen LogP contribution is -2.23. The smallest absolute Gasteiger partial charge is 0.350 e. The van der Waals surface area contributed by atoms with E-state index in [-0.39, 0.29) is 22.9 Å². The lowest BCUT2D eigenvalue weighted by Gasteiger charge is -2.17. The molecule has 1 atom stereocenters. The molecule has 35 heavy (non-hydrogen) atoms. The second-order valence-corrected chi connectivity index (χ2v) is 8.89. The summed E-state index contributed by atoms with van der Waals surface area (Å²) in [5, 5.41) is 7.18. The van der Waals surface area contributed by atoms with E-state index in [9.17, 15) is 9.59 Å². The Morgan fingerprint density at radius 3 is 2.57 bits per heavy atom. The molecule has 1 N–H and O–H groups in total. The number of carbonyl (C=O) groups excluding carboxylic acids is 1. The van der Waals surface area contributed by atoms with E-state index in [2.05, 4.69) is 31.2 Å². The number of aryl methyl sites for hydroxylation is 2. The fraction of sp³-hybridized carbons (Fsp3) is 0.444. The van der Waals surface area contributed by atoms with Crippen LogP contribution in [0.5, 0.6) is 5.75 Å². The summed E-state index contributed by atoms with van der Waals surface area (Å²) >= 11 is 0. The Hall–Kier alpha value is -3.42. The molecule has 2 aromatic carbocycles. The maximum atomic E-state index is 15.3. The van der Waals surface area contributed by atoms with Gasteiger partial charge in [0.25, 0.3) is 5.91 Å². The van der Waals surface area contributed by atoms with Crippen LogP contribution >= 0.6 is 0 Å². The lowest BCUT2D eigenvalue weighted by atomic mass is 10.1. The van der Waals surface area contributed by atoms with Gasteiger partial charge in [-0.15, -0.1) is 5.10 Å². The molecule has 188 valence electrons. The molecule has 0 spiro atoms. The molecule has 0 aliphatic heterocycles. The molecule has 1 aromatic heterocycles. The first-order valence-electron chi connectivity index (χ1n) is 12.3. The topological polar surface area (TPSA) is 78.2 Å². The van der Waals surface area contributed by atoms with Gasteiger partial charge in [0.1, 0.15) is 23.1 Å². The molecule has 0 bridgehead atoms. The van der Waals surface area contributed by atoms with E-state index in [0.717, 1.165) is 42.0 Å². The van der Waals surface area contributed by atoms with Crippen LogP contribution in [0.2, 0.25) is 0 Å². The molecule has 7 nitrogen and oxygen atoms in total. The van der Waals surface area contributed by atoms with Crippen molar-refractivity contribution in [2.75, 3.05) is 11.9 Å². The minimum absolute atomic E-state index is 0.0497. The Kier molecular flexibility index (Phi) is 8.84. The van der Waals surface area contributed by atoms with E-state index in [0.29, 0.717) is 24.5 Å². The molecule has 1 amide bonds. The maximum Gasteiger partial charge on any atom is 0.350 e. The van der Waals surface area contributed by atoms with Crippen molar-refractivity contribution in [3.05, 3.63) is 69.7 Å². The number of aromatic nitrogens is 3. The van der Waals surface area contributed by atoms with Gasteiger partial charge in [0, 0.05) is 25.2 Å². The number of amides is 1. The highest BCUT2D eigenvalue weighted by atomic mass is 19.1. The van der Waals surface area contributed by atoms with Crippen molar-refractivity contribution in [3.63, 3.8) is 0 Å². The molecule has 0 unspecified atom stereocenters. The zero-order valence-corrected chi connectivity index (χ0v) is 21.2. The molecule has 8 heteroatoms. The monoisotopic (exact) mass is 482 g/mol. The molecule has 3 aromatic rings. The molecule has 0 aliphatic carbocycles.